The van der Waals surface area contributed by atoms with Crippen molar-refractivity contribution in [3.05, 3.63) is 65.2 Å². The van der Waals surface area contributed by atoms with Crippen LogP contribution in [0.5, 0.6) is 0 Å². The van der Waals surface area contributed by atoms with Gasteiger partial charge in [-0.15, -0.1) is 0 Å². The molecule has 0 aliphatic carbocycles. The molecule has 7 heteroatoms. The first-order chi connectivity index (χ1) is 16.6. The first-order valence-electron chi connectivity index (χ1n) is 12.4. The fraction of sp³-hybridized carbons (Fsp3) is 0.444. The highest BCUT2D eigenvalue weighted by Crippen LogP contribution is 2.33. The summed E-state index contributed by atoms with van der Waals surface area (Å²) in [5, 5.41) is 3.04. The number of para-hydroxylation sites is 1. The van der Waals surface area contributed by atoms with Crippen molar-refractivity contribution in [1.82, 2.24) is 15.1 Å². The van der Waals surface area contributed by atoms with Crippen LogP contribution < -0.4 is 10.2 Å². The maximum atomic E-state index is 13.5. The van der Waals surface area contributed by atoms with E-state index in [4.69, 9.17) is 0 Å². The van der Waals surface area contributed by atoms with Gasteiger partial charge in [-0.3, -0.25) is 14.4 Å². The molecule has 7 nitrogen and oxygen atoms in total. The van der Waals surface area contributed by atoms with Crippen LogP contribution in [0.25, 0.3) is 0 Å². The number of hydrogen-bond donors (Lipinski definition) is 1. The van der Waals surface area contributed by atoms with E-state index in [0.717, 1.165) is 31.6 Å². The molecule has 2 aromatic rings. The van der Waals surface area contributed by atoms with Crippen molar-refractivity contribution >= 4 is 23.4 Å². The molecule has 2 aromatic carbocycles. The van der Waals surface area contributed by atoms with Crippen LogP contribution in [-0.4, -0.2) is 66.3 Å². The highest BCUT2D eigenvalue weighted by molar-refractivity contribution is 6.11. The molecule has 0 bridgehead atoms. The van der Waals surface area contributed by atoms with E-state index in [0.29, 0.717) is 42.9 Å². The standard InChI is InChI=1S/C27H32N4O3/c32-25(28-13-17-29-14-4-1-5-15-29)21-9-6-8-20(18-21)19-31-23-11-3-2-10-22(23)26(33)30-16-7-12-24(30)27(31)34/h2-3,6,8-11,18,24H,1,4-5,7,12-17,19H2,(H,28,32)/t24-/m1/s1. The van der Waals surface area contributed by atoms with Crippen LogP contribution in [0.4, 0.5) is 5.69 Å². The van der Waals surface area contributed by atoms with Gasteiger partial charge < -0.3 is 20.0 Å². The number of likely N-dealkylation sites (tertiary alicyclic amines) is 1. The number of amides is 3. The molecule has 1 N–H and O–H groups in total. The number of benzene rings is 2. The van der Waals surface area contributed by atoms with Crippen LogP contribution in [0.1, 0.15) is 58.4 Å². The van der Waals surface area contributed by atoms with Crippen molar-refractivity contribution in [3.63, 3.8) is 0 Å². The molecular weight excluding hydrogens is 428 g/mol. The normalized spacial score (nSPS) is 20.6. The number of carbonyl (C=O) groups excluding carboxylic acids is 3. The molecule has 0 spiro atoms. The first kappa shape index (κ1) is 22.6. The molecule has 1 atom stereocenters. The number of carbonyl (C=O) groups is 3. The summed E-state index contributed by atoms with van der Waals surface area (Å²) in [7, 11) is 0. The maximum absolute atomic E-state index is 13.5. The largest absolute Gasteiger partial charge is 0.351 e. The molecule has 3 aliphatic heterocycles. The Bertz CT molecular complexity index is 1080. The highest BCUT2D eigenvalue weighted by atomic mass is 16.2. The van der Waals surface area contributed by atoms with Crippen LogP contribution in [0, 0.1) is 0 Å². The molecule has 5 rings (SSSR count). The van der Waals surface area contributed by atoms with Crippen LogP contribution in [0.15, 0.2) is 48.5 Å². The summed E-state index contributed by atoms with van der Waals surface area (Å²) < 4.78 is 0. The monoisotopic (exact) mass is 460 g/mol. The van der Waals surface area contributed by atoms with Crippen molar-refractivity contribution < 1.29 is 14.4 Å². The quantitative estimate of drug-likeness (QED) is 0.719. The van der Waals surface area contributed by atoms with Gasteiger partial charge in [-0.25, -0.2) is 0 Å². The Hall–Kier alpha value is -3.19. The average Bonchev–Trinajstić information content (AvgIpc) is 3.35. The van der Waals surface area contributed by atoms with Gasteiger partial charge in [0.15, 0.2) is 0 Å². The predicted molar refractivity (Wildman–Crippen MR) is 131 cm³/mol. The highest BCUT2D eigenvalue weighted by Gasteiger charge is 2.41. The van der Waals surface area contributed by atoms with Crippen molar-refractivity contribution in [2.45, 2.75) is 44.7 Å². The number of piperidine rings is 1. The lowest BCUT2D eigenvalue weighted by molar-refractivity contribution is -0.122. The predicted octanol–water partition coefficient (Wildman–Crippen LogP) is 3.05. The summed E-state index contributed by atoms with van der Waals surface area (Å²) >= 11 is 0. The third-order valence-electron chi connectivity index (χ3n) is 7.18. The number of fused-ring (bicyclic) bond motifs is 2. The minimum atomic E-state index is -0.416. The van der Waals surface area contributed by atoms with E-state index in [2.05, 4.69) is 10.2 Å². The topological polar surface area (TPSA) is 73.0 Å². The summed E-state index contributed by atoms with van der Waals surface area (Å²) in [5.41, 5.74) is 2.66. The van der Waals surface area contributed by atoms with Crippen molar-refractivity contribution in [3.8, 4) is 0 Å². The summed E-state index contributed by atoms with van der Waals surface area (Å²) in [5.74, 6) is -0.221. The molecule has 0 aromatic heterocycles. The summed E-state index contributed by atoms with van der Waals surface area (Å²) in [6.07, 6.45) is 5.30. The minimum Gasteiger partial charge on any atom is -0.351 e. The molecule has 34 heavy (non-hydrogen) atoms. The summed E-state index contributed by atoms with van der Waals surface area (Å²) in [6, 6.07) is 14.4. The lowest BCUT2D eigenvalue weighted by Crippen LogP contribution is -2.44. The smallest absolute Gasteiger partial charge is 0.256 e. The molecule has 2 fully saturated rings. The molecule has 3 heterocycles. The minimum absolute atomic E-state index is 0.0489. The Morgan fingerprint density at radius 3 is 2.62 bits per heavy atom. The second kappa shape index (κ2) is 9.97. The van der Waals surface area contributed by atoms with E-state index in [1.54, 1.807) is 21.9 Å². The van der Waals surface area contributed by atoms with E-state index in [9.17, 15) is 14.4 Å². The molecule has 0 radical (unpaired) electrons. The number of nitrogens with zero attached hydrogens (tertiary/aromatic N) is 3. The molecular formula is C27H32N4O3. The summed E-state index contributed by atoms with van der Waals surface area (Å²) in [4.78, 5) is 45.2. The molecule has 178 valence electrons. The third-order valence-corrected chi connectivity index (χ3v) is 7.18. The molecule has 0 saturated carbocycles. The van der Waals surface area contributed by atoms with Gasteiger partial charge in [-0.1, -0.05) is 30.7 Å². The van der Waals surface area contributed by atoms with Gasteiger partial charge in [0.05, 0.1) is 17.8 Å². The molecule has 0 unspecified atom stereocenters. The number of anilines is 1. The Balaban J connectivity index is 1.31. The maximum Gasteiger partial charge on any atom is 0.256 e. The SMILES string of the molecule is O=C(NCCN1CCCCC1)c1cccc(CN2C(=O)[C@H]3CCCN3C(=O)c3ccccc32)c1. The van der Waals surface area contributed by atoms with Gasteiger partial charge in [-0.2, -0.15) is 0 Å². The fourth-order valence-corrected chi connectivity index (χ4v) is 5.38. The lowest BCUT2D eigenvalue weighted by atomic mass is 10.1. The zero-order valence-electron chi connectivity index (χ0n) is 19.5. The number of rotatable bonds is 6. The van der Waals surface area contributed by atoms with E-state index >= 15 is 0 Å². The number of hydrogen-bond acceptors (Lipinski definition) is 4. The van der Waals surface area contributed by atoms with Gasteiger partial charge >= 0.3 is 0 Å². The third kappa shape index (κ3) is 4.57. The number of nitrogens with one attached hydrogen (secondary N) is 1. The molecule has 3 amide bonds. The van der Waals surface area contributed by atoms with Crippen LogP contribution in [0.3, 0.4) is 0 Å². The Labute approximate surface area is 200 Å². The van der Waals surface area contributed by atoms with Gasteiger partial charge in [0, 0.05) is 25.2 Å². The van der Waals surface area contributed by atoms with Crippen LogP contribution in [-0.2, 0) is 11.3 Å². The first-order valence-corrected chi connectivity index (χ1v) is 12.4. The van der Waals surface area contributed by atoms with Crippen LogP contribution in [0.2, 0.25) is 0 Å². The summed E-state index contributed by atoms with van der Waals surface area (Å²) in [6.45, 7) is 4.65. The fourth-order valence-electron chi connectivity index (χ4n) is 5.38. The molecule has 3 aliphatic rings. The Morgan fingerprint density at radius 1 is 0.941 bits per heavy atom. The van der Waals surface area contributed by atoms with Gasteiger partial charge in [0.1, 0.15) is 6.04 Å². The van der Waals surface area contributed by atoms with Crippen molar-refractivity contribution in [2.24, 2.45) is 0 Å². The zero-order chi connectivity index (χ0) is 23.5. The Morgan fingerprint density at radius 2 is 1.76 bits per heavy atom. The average molecular weight is 461 g/mol. The lowest BCUT2D eigenvalue weighted by Gasteiger charge is -2.26. The van der Waals surface area contributed by atoms with Crippen LogP contribution >= 0.6 is 0 Å². The molecule has 2 saturated heterocycles. The van der Waals surface area contributed by atoms with Gasteiger partial charge in [0.2, 0.25) is 5.91 Å². The van der Waals surface area contributed by atoms with Crippen molar-refractivity contribution in [2.75, 3.05) is 37.6 Å². The van der Waals surface area contributed by atoms with Crippen molar-refractivity contribution in [1.29, 1.82) is 0 Å². The van der Waals surface area contributed by atoms with E-state index < -0.39 is 6.04 Å². The Kier molecular flexibility index (Phi) is 6.63. The zero-order valence-corrected chi connectivity index (χ0v) is 19.5. The van der Waals surface area contributed by atoms with E-state index in [-0.39, 0.29) is 17.7 Å². The van der Waals surface area contributed by atoms with Gasteiger partial charge in [-0.05, 0) is 68.6 Å². The second-order valence-electron chi connectivity index (χ2n) is 9.46. The van der Waals surface area contributed by atoms with E-state index in [1.165, 1.54) is 19.3 Å². The second-order valence-corrected chi connectivity index (χ2v) is 9.46. The van der Waals surface area contributed by atoms with Gasteiger partial charge in [0.25, 0.3) is 11.8 Å². The van der Waals surface area contributed by atoms with E-state index in [1.807, 2.05) is 36.4 Å².